The molecule has 1 N–H and O–H groups in total. The topological polar surface area (TPSA) is 63.1 Å². The van der Waals surface area contributed by atoms with E-state index in [9.17, 15) is 9.18 Å². The van der Waals surface area contributed by atoms with Crippen molar-refractivity contribution < 1.29 is 9.18 Å². The number of rotatable bonds is 6. The molecule has 0 bridgehead atoms. The Bertz CT molecular complexity index is 836. The SMILES string of the molecule is O=C(NCCc1nnc2n1CCCCC2)C1CCCN(Cc2cccc(F)c2)C1. The summed E-state index contributed by atoms with van der Waals surface area (Å²) >= 11 is 0. The van der Waals surface area contributed by atoms with Crippen LogP contribution in [-0.4, -0.2) is 45.2 Å². The summed E-state index contributed by atoms with van der Waals surface area (Å²) in [6, 6.07) is 6.72. The van der Waals surface area contributed by atoms with Crippen molar-refractivity contribution >= 4 is 5.91 Å². The first kappa shape index (κ1) is 20.0. The van der Waals surface area contributed by atoms with Crippen LogP contribution in [0.2, 0.25) is 0 Å². The van der Waals surface area contributed by atoms with E-state index < -0.39 is 0 Å². The lowest BCUT2D eigenvalue weighted by Crippen LogP contribution is -2.43. The predicted octanol–water partition coefficient (Wildman–Crippen LogP) is 2.71. The number of halogens is 1. The maximum absolute atomic E-state index is 13.4. The van der Waals surface area contributed by atoms with Crippen LogP contribution in [0.3, 0.4) is 0 Å². The van der Waals surface area contributed by atoms with Gasteiger partial charge in [0.15, 0.2) is 0 Å². The highest BCUT2D eigenvalue weighted by molar-refractivity contribution is 5.78. The number of likely N-dealkylation sites (tertiary alicyclic amines) is 1. The summed E-state index contributed by atoms with van der Waals surface area (Å²) in [6.07, 6.45) is 7.22. The number of benzene rings is 1. The lowest BCUT2D eigenvalue weighted by molar-refractivity contribution is -0.126. The number of carbonyl (C=O) groups excluding carboxylic acids is 1. The van der Waals surface area contributed by atoms with Crippen LogP contribution in [-0.2, 0) is 30.7 Å². The molecule has 29 heavy (non-hydrogen) atoms. The van der Waals surface area contributed by atoms with Crippen molar-refractivity contribution in [3.05, 3.63) is 47.3 Å². The van der Waals surface area contributed by atoms with Crippen LogP contribution < -0.4 is 5.32 Å². The number of nitrogens with zero attached hydrogens (tertiary/aromatic N) is 4. The second-order valence-corrected chi connectivity index (χ2v) is 8.24. The zero-order valence-electron chi connectivity index (χ0n) is 16.9. The fraction of sp³-hybridized carbons (Fsp3) is 0.591. The fourth-order valence-corrected chi connectivity index (χ4v) is 4.48. The number of amides is 1. The summed E-state index contributed by atoms with van der Waals surface area (Å²) in [7, 11) is 0. The van der Waals surface area contributed by atoms with Gasteiger partial charge in [-0.15, -0.1) is 10.2 Å². The van der Waals surface area contributed by atoms with E-state index in [1.807, 2.05) is 6.07 Å². The Morgan fingerprint density at radius 2 is 2.10 bits per heavy atom. The number of fused-ring (bicyclic) bond motifs is 1. The molecule has 0 spiro atoms. The second-order valence-electron chi connectivity index (χ2n) is 8.24. The molecule has 1 saturated heterocycles. The zero-order chi connectivity index (χ0) is 20.1. The van der Waals surface area contributed by atoms with Gasteiger partial charge in [-0.05, 0) is 49.9 Å². The fourth-order valence-electron chi connectivity index (χ4n) is 4.48. The van der Waals surface area contributed by atoms with Gasteiger partial charge in [-0.3, -0.25) is 9.69 Å². The third-order valence-corrected chi connectivity index (χ3v) is 6.01. The smallest absolute Gasteiger partial charge is 0.224 e. The Morgan fingerprint density at radius 1 is 1.17 bits per heavy atom. The molecule has 0 saturated carbocycles. The molecule has 7 heteroatoms. The summed E-state index contributed by atoms with van der Waals surface area (Å²) in [5, 5.41) is 11.8. The van der Waals surface area contributed by atoms with Gasteiger partial charge in [-0.2, -0.15) is 0 Å². The molecule has 0 radical (unpaired) electrons. The number of nitrogens with one attached hydrogen (secondary N) is 1. The molecular weight excluding hydrogens is 369 g/mol. The van der Waals surface area contributed by atoms with Gasteiger partial charge in [-0.25, -0.2) is 4.39 Å². The molecule has 2 aliphatic rings. The van der Waals surface area contributed by atoms with Crippen LogP contribution in [0.25, 0.3) is 0 Å². The lowest BCUT2D eigenvalue weighted by Gasteiger charge is -2.32. The van der Waals surface area contributed by atoms with E-state index in [-0.39, 0.29) is 17.6 Å². The molecule has 6 nitrogen and oxygen atoms in total. The number of aromatic nitrogens is 3. The summed E-state index contributed by atoms with van der Waals surface area (Å²) < 4.78 is 15.7. The monoisotopic (exact) mass is 399 g/mol. The van der Waals surface area contributed by atoms with E-state index in [0.717, 1.165) is 62.5 Å². The van der Waals surface area contributed by atoms with Gasteiger partial charge in [0.25, 0.3) is 0 Å². The molecule has 1 unspecified atom stereocenters. The number of piperidine rings is 1. The molecule has 1 amide bonds. The molecule has 1 fully saturated rings. The molecule has 0 aliphatic carbocycles. The third kappa shape index (κ3) is 5.21. The number of hydrogen-bond acceptors (Lipinski definition) is 4. The Balaban J connectivity index is 1.26. The minimum absolute atomic E-state index is 0.00664. The first-order valence-electron chi connectivity index (χ1n) is 10.8. The largest absolute Gasteiger partial charge is 0.355 e. The van der Waals surface area contributed by atoms with Gasteiger partial charge >= 0.3 is 0 Å². The normalized spacial score (nSPS) is 20.1. The van der Waals surface area contributed by atoms with Crippen molar-refractivity contribution in [3.8, 4) is 0 Å². The van der Waals surface area contributed by atoms with Gasteiger partial charge < -0.3 is 9.88 Å². The standard InChI is InChI=1S/C22H30FN5O/c23-19-8-4-6-17(14-19)15-27-12-5-7-18(16-27)22(29)24-11-10-21-26-25-20-9-2-1-3-13-28(20)21/h4,6,8,14,18H,1-3,5,7,9-13,15-16H2,(H,24,29). The van der Waals surface area contributed by atoms with Crippen molar-refractivity contribution in [2.45, 2.75) is 58.0 Å². The van der Waals surface area contributed by atoms with Gasteiger partial charge in [0.1, 0.15) is 17.5 Å². The first-order chi connectivity index (χ1) is 14.2. The number of aryl methyl sites for hydroxylation is 1. The van der Waals surface area contributed by atoms with Gasteiger partial charge in [0.2, 0.25) is 5.91 Å². The molecule has 1 aromatic carbocycles. The van der Waals surface area contributed by atoms with Crippen LogP contribution in [0.4, 0.5) is 4.39 Å². The van der Waals surface area contributed by atoms with Gasteiger partial charge in [-0.1, -0.05) is 18.6 Å². The predicted molar refractivity (Wildman–Crippen MR) is 109 cm³/mol. The second kappa shape index (κ2) is 9.48. The molecule has 3 heterocycles. The van der Waals surface area contributed by atoms with E-state index in [2.05, 4.69) is 25.0 Å². The van der Waals surface area contributed by atoms with Crippen LogP contribution in [0, 0.1) is 11.7 Å². The van der Waals surface area contributed by atoms with Crippen LogP contribution in [0.1, 0.15) is 49.3 Å². The molecule has 1 aromatic heterocycles. The van der Waals surface area contributed by atoms with Gasteiger partial charge in [0, 0.05) is 39.0 Å². The van der Waals surface area contributed by atoms with Crippen LogP contribution in [0.5, 0.6) is 0 Å². The molecular formula is C22H30FN5O. The van der Waals surface area contributed by atoms with Crippen molar-refractivity contribution in [2.75, 3.05) is 19.6 Å². The summed E-state index contributed by atoms with van der Waals surface area (Å²) in [5.41, 5.74) is 0.957. The summed E-state index contributed by atoms with van der Waals surface area (Å²) in [6.45, 7) is 3.95. The van der Waals surface area contributed by atoms with E-state index in [1.54, 1.807) is 12.1 Å². The quantitative estimate of drug-likeness (QED) is 0.811. The highest BCUT2D eigenvalue weighted by atomic mass is 19.1. The van der Waals surface area contributed by atoms with E-state index in [1.165, 1.54) is 25.3 Å². The Labute approximate surface area is 171 Å². The average molecular weight is 400 g/mol. The van der Waals surface area contributed by atoms with Crippen molar-refractivity contribution in [1.29, 1.82) is 0 Å². The minimum atomic E-state index is -0.208. The molecule has 2 aromatic rings. The molecule has 1 atom stereocenters. The summed E-state index contributed by atoms with van der Waals surface area (Å²) in [5.74, 6) is 1.97. The summed E-state index contributed by atoms with van der Waals surface area (Å²) in [4.78, 5) is 14.9. The molecule has 4 rings (SSSR count). The Morgan fingerprint density at radius 3 is 3.00 bits per heavy atom. The highest BCUT2D eigenvalue weighted by Gasteiger charge is 2.26. The maximum atomic E-state index is 13.4. The molecule has 2 aliphatic heterocycles. The van der Waals surface area contributed by atoms with E-state index >= 15 is 0 Å². The lowest BCUT2D eigenvalue weighted by atomic mass is 9.96. The maximum Gasteiger partial charge on any atom is 0.224 e. The number of hydrogen-bond donors (Lipinski definition) is 1. The highest BCUT2D eigenvalue weighted by Crippen LogP contribution is 2.19. The third-order valence-electron chi connectivity index (χ3n) is 6.01. The Kier molecular flexibility index (Phi) is 6.54. The first-order valence-corrected chi connectivity index (χ1v) is 10.8. The van der Waals surface area contributed by atoms with Crippen molar-refractivity contribution in [1.82, 2.24) is 25.0 Å². The average Bonchev–Trinajstić information content (AvgIpc) is 2.94. The van der Waals surface area contributed by atoms with Crippen LogP contribution >= 0.6 is 0 Å². The Hall–Kier alpha value is -2.28. The minimum Gasteiger partial charge on any atom is -0.355 e. The van der Waals surface area contributed by atoms with Crippen molar-refractivity contribution in [3.63, 3.8) is 0 Å². The van der Waals surface area contributed by atoms with Crippen molar-refractivity contribution in [2.24, 2.45) is 5.92 Å². The number of carbonyl (C=O) groups is 1. The van der Waals surface area contributed by atoms with E-state index in [4.69, 9.17) is 0 Å². The zero-order valence-corrected chi connectivity index (χ0v) is 16.9. The van der Waals surface area contributed by atoms with E-state index in [0.29, 0.717) is 13.1 Å². The molecule has 156 valence electrons. The van der Waals surface area contributed by atoms with Crippen LogP contribution in [0.15, 0.2) is 24.3 Å². The van der Waals surface area contributed by atoms with Gasteiger partial charge in [0.05, 0.1) is 5.92 Å².